The molecule has 0 radical (unpaired) electrons. The smallest absolute Gasteiger partial charge is 0.0971 e. The highest BCUT2D eigenvalue weighted by Crippen LogP contribution is 2.09. The van der Waals surface area contributed by atoms with Gasteiger partial charge in [-0.1, -0.05) is 0 Å². The first-order valence-corrected chi connectivity index (χ1v) is 4.50. The number of ether oxygens (including phenoxy) is 1. The van der Waals surface area contributed by atoms with E-state index in [1.54, 1.807) is 0 Å². The van der Waals surface area contributed by atoms with Crippen molar-refractivity contribution in [3.05, 3.63) is 0 Å². The van der Waals surface area contributed by atoms with Crippen LogP contribution in [0.1, 0.15) is 12.8 Å². The number of nitrogens with one attached hydrogen (secondary N) is 1. The molecule has 3 heteroatoms. The fourth-order valence-electron chi connectivity index (χ4n) is 1.83. The van der Waals surface area contributed by atoms with Gasteiger partial charge < -0.3 is 9.64 Å². The van der Waals surface area contributed by atoms with Gasteiger partial charge in [-0.3, -0.25) is 5.32 Å². The number of rotatable bonds is 2. The minimum Gasteiger partial charge on any atom is -0.360 e. The molecule has 2 aliphatic heterocycles. The Hall–Kier alpha value is -0.120. The first-order valence-electron chi connectivity index (χ1n) is 4.50. The molecule has 0 unspecified atom stereocenters. The summed E-state index contributed by atoms with van der Waals surface area (Å²) in [5.41, 5.74) is 0. The zero-order valence-electron chi connectivity index (χ0n) is 6.88. The Balaban J connectivity index is 1.71. The van der Waals surface area contributed by atoms with Gasteiger partial charge in [0, 0.05) is 13.1 Å². The summed E-state index contributed by atoms with van der Waals surface area (Å²) in [6.45, 7) is 5.47. The minimum absolute atomic E-state index is 0.452. The summed E-state index contributed by atoms with van der Waals surface area (Å²) in [5.74, 6) is 0. The average molecular weight is 156 g/mol. The van der Waals surface area contributed by atoms with Gasteiger partial charge in [0.2, 0.25) is 0 Å². The second-order valence-corrected chi connectivity index (χ2v) is 3.39. The third-order valence-electron chi connectivity index (χ3n) is 2.45. The zero-order chi connectivity index (χ0) is 7.52. The van der Waals surface area contributed by atoms with Crippen molar-refractivity contribution in [2.75, 3.05) is 32.9 Å². The van der Waals surface area contributed by atoms with Gasteiger partial charge in [0.15, 0.2) is 0 Å². The second kappa shape index (κ2) is 3.52. The molecule has 0 amide bonds. The molecule has 2 rings (SSSR count). The molecule has 0 aromatic carbocycles. The Labute approximate surface area is 67.7 Å². The first kappa shape index (κ1) is 7.53. The highest BCUT2D eigenvalue weighted by Gasteiger charge is 2.20. The SMILES string of the molecule is C1CCN(C[C@H]2CNCO2)C1. The highest BCUT2D eigenvalue weighted by atomic mass is 16.5. The summed E-state index contributed by atoms with van der Waals surface area (Å²) >= 11 is 0. The lowest BCUT2D eigenvalue weighted by Crippen LogP contribution is -2.32. The highest BCUT2D eigenvalue weighted by molar-refractivity contribution is 4.74. The molecular weight excluding hydrogens is 140 g/mol. The van der Waals surface area contributed by atoms with Crippen LogP contribution in [0.25, 0.3) is 0 Å². The van der Waals surface area contributed by atoms with Crippen molar-refractivity contribution in [2.24, 2.45) is 0 Å². The first-order chi connectivity index (χ1) is 5.45. The van der Waals surface area contributed by atoms with Crippen LogP contribution in [0.5, 0.6) is 0 Å². The zero-order valence-corrected chi connectivity index (χ0v) is 6.88. The third kappa shape index (κ3) is 1.92. The number of hydrogen-bond acceptors (Lipinski definition) is 3. The maximum Gasteiger partial charge on any atom is 0.0971 e. The molecule has 0 saturated carbocycles. The van der Waals surface area contributed by atoms with Gasteiger partial charge in [0.1, 0.15) is 0 Å². The standard InChI is InChI=1S/C8H16N2O/c1-2-4-10(3-1)6-8-5-9-7-11-8/h8-9H,1-7H2/t8-/m1/s1. The molecule has 2 fully saturated rings. The number of hydrogen-bond donors (Lipinski definition) is 1. The van der Waals surface area contributed by atoms with Crippen molar-refractivity contribution < 1.29 is 4.74 Å². The summed E-state index contributed by atoms with van der Waals surface area (Å²) in [6, 6.07) is 0. The van der Waals surface area contributed by atoms with Crippen LogP contribution in [0.3, 0.4) is 0 Å². The summed E-state index contributed by atoms with van der Waals surface area (Å²) in [7, 11) is 0. The summed E-state index contributed by atoms with van der Waals surface area (Å²) in [5, 5.41) is 3.20. The van der Waals surface area contributed by atoms with E-state index in [2.05, 4.69) is 10.2 Å². The molecule has 1 N–H and O–H groups in total. The lowest BCUT2D eigenvalue weighted by atomic mass is 10.3. The van der Waals surface area contributed by atoms with Crippen molar-refractivity contribution >= 4 is 0 Å². The Bertz CT molecular complexity index is 103. The van der Waals surface area contributed by atoms with Crippen LogP contribution < -0.4 is 5.32 Å². The van der Waals surface area contributed by atoms with Crippen molar-refractivity contribution in [2.45, 2.75) is 18.9 Å². The normalized spacial score (nSPS) is 33.3. The molecule has 1 atom stereocenters. The van der Waals surface area contributed by atoms with Crippen LogP contribution in [0.2, 0.25) is 0 Å². The summed E-state index contributed by atoms with van der Waals surface area (Å²) in [4.78, 5) is 2.50. The molecule has 0 bridgehead atoms. The molecule has 2 saturated heterocycles. The predicted octanol–water partition coefficient (Wildman–Crippen LogP) is 0.0281. The van der Waals surface area contributed by atoms with E-state index >= 15 is 0 Å². The molecule has 0 aromatic rings. The Morgan fingerprint density at radius 2 is 2.18 bits per heavy atom. The average Bonchev–Trinajstić information content (AvgIpc) is 2.60. The van der Waals surface area contributed by atoms with Gasteiger partial charge in [-0.15, -0.1) is 0 Å². The lowest BCUT2D eigenvalue weighted by molar-refractivity contribution is 0.0841. The van der Waals surface area contributed by atoms with E-state index in [1.807, 2.05) is 0 Å². The summed E-state index contributed by atoms with van der Waals surface area (Å²) < 4.78 is 5.46. The van der Waals surface area contributed by atoms with Crippen LogP contribution >= 0.6 is 0 Å². The van der Waals surface area contributed by atoms with Crippen LogP contribution in [0, 0.1) is 0 Å². The van der Waals surface area contributed by atoms with Gasteiger partial charge in [-0.05, 0) is 25.9 Å². The quantitative estimate of drug-likeness (QED) is 0.610. The van der Waals surface area contributed by atoms with E-state index in [4.69, 9.17) is 4.74 Å². The van der Waals surface area contributed by atoms with E-state index in [0.29, 0.717) is 6.10 Å². The van der Waals surface area contributed by atoms with Crippen LogP contribution in [0.4, 0.5) is 0 Å². The fourth-order valence-corrected chi connectivity index (χ4v) is 1.83. The van der Waals surface area contributed by atoms with Crippen LogP contribution in [-0.4, -0.2) is 43.9 Å². The molecule has 11 heavy (non-hydrogen) atoms. The minimum atomic E-state index is 0.452. The van der Waals surface area contributed by atoms with Crippen LogP contribution in [0.15, 0.2) is 0 Å². The van der Waals surface area contributed by atoms with E-state index in [-0.39, 0.29) is 0 Å². The van der Waals surface area contributed by atoms with Gasteiger partial charge in [0.05, 0.1) is 12.8 Å². The Morgan fingerprint density at radius 1 is 1.36 bits per heavy atom. The van der Waals surface area contributed by atoms with Crippen molar-refractivity contribution in [3.63, 3.8) is 0 Å². The molecule has 3 nitrogen and oxygen atoms in total. The lowest BCUT2D eigenvalue weighted by Gasteiger charge is -2.17. The van der Waals surface area contributed by atoms with Crippen molar-refractivity contribution in [1.29, 1.82) is 0 Å². The summed E-state index contributed by atoms with van der Waals surface area (Å²) in [6.07, 6.45) is 3.20. The Morgan fingerprint density at radius 3 is 2.82 bits per heavy atom. The van der Waals surface area contributed by atoms with Gasteiger partial charge in [-0.25, -0.2) is 0 Å². The Kier molecular flexibility index (Phi) is 2.41. The number of nitrogens with zero attached hydrogens (tertiary/aromatic N) is 1. The van der Waals surface area contributed by atoms with Crippen LogP contribution in [-0.2, 0) is 4.74 Å². The molecule has 0 aliphatic carbocycles. The molecule has 2 aliphatic rings. The predicted molar refractivity (Wildman–Crippen MR) is 43.4 cm³/mol. The topological polar surface area (TPSA) is 24.5 Å². The van der Waals surface area contributed by atoms with Crippen molar-refractivity contribution in [1.82, 2.24) is 10.2 Å². The maximum absolute atomic E-state index is 5.46. The van der Waals surface area contributed by atoms with Gasteiger partial charge in [-0.2, -0.15) is 0 Å². The molecule has 0 aromatic heterocycles. The fraction of sp³-hybridized carbons (Fsp3) is 1.00. The van der Waals surface area contributed by atoms with E-state index in [9.17, 15) is 0 Å². The third-order valence-corrected chi connectivity index (χ3v) is 2.45. The van der Waals surface area contributed by atoms with E-state index in [1.165, 1.54) is 25.9 Å². The monoisotopic (exact) mass is 156 g/mol. The van der Waals surface area contributed by atoms with Gasteiger partial charge >= 0.3 is 0 Å². The molecule has 2 heterocycles. The molecule has 0 spiro atoms. The number of likely N-dealkylation sites (tertiary alicyclic amines) is 1. The molecule has 64 valence electrons. The van der Waals surface area contributed by atoms with E-state index in [0.717, 1.165) is 19.8 Å². The van der Waals surface area contributed by atoms with Gasteiger partial charge in [0.25, 0.3) is 0 Å². The largest absolute Gasteiger partial charge is 0.360 e. The van der Waals surface area contributed by atoms with E-state index < -0.39 is 0 Å². The second-order valence-electron chi connectivity index (χ2n) is 3.39. The molecular formula is C8H16N2O. The van der Waals surface area contributed by atoms with Crippen molar-refractivity contribution in [3.8, 4) is 0 Å². The maximum atomic E-state index is 5.46.